The molecule has 3 heteroatoms. The van der Waals surface area contributed by atoms with Crippen LogP contribution in [-0.4, -0.2) is 13.8 Å². The van der Waals surface area contributed by atoms with Crippen LogP contribution in [0.3, 0.4) is 0 Å². The molecule has 0 spiro atoms. The minimum absolute atomic E-state index is 0.0316. The van der Waals surface area contributed by atoms with Gasteiger partial charge >= 0.3 is 0 Å². The monoisotopic (exact) mass is 447 g/mol. The third kappa shape index (κ3) is 1.95. The van der Waals surface area contributed by atoms with Crippen molar-refractivity contribution in [2.24, 2.45) is 0 Å². The largest absolute Gasteiger partial charge is 0.277 e. The van der Waals surface area contributed by atoms with Gasteiger partial charge in [-0.15, -0.1) is 0 Å². The van der Waals surface area contributed by atoms with E-state index in [-0.39, 0.29) is 5.41 Å². The molecule has 164 valence electrons. The number of para-hydroxylation sites is 1. The van der Waals surface area contributed by atoms with Gasteiger partial charge in [-0.3, -0.25) is 8.80 Å². The van der Waals surface area contributed by atoms with E-state index in [0.29, 0.717) is 0 Å². The van der Waals surface area contributed by atoms with Gasteiger partial charge in [0.1, 0.15) is 0 Å². The third-order valence-corrected chi connectivity index (χ3v) is 8.41. The minimum Gasteiger partial charge on any atom is -0.277 e. The molecule has 0 aliphatic heterocycles. The standard InChI is InChI=1S/C32H21N3/c1-32(2)24-12-6-5-10-20(24)22-16-23-21-11-7-13-27-30(21)35(28(23)17-25(22)32)31-33-26-14-18-8-3-4-9-19(18)15-29(26)34(27)31/h3-17H,1-2H3. The first-order chi connectivity index (χ1) is 17.1. The van der Waals surface area contributed by atoms with Gasteiger partial charge in [-0.2, -0.15) is 0 Å². The lowest BCUT2D eigenvalue weighted by Crippen LogP contribution is -2.14. The van der Waals surface area contributed by atoms with Crippen molar-refractivity contribution in [3.05, 3.63) is 102 Å². The smallest absolute Gasteiger partial charge is 0.220 e. The molecule has 9 rings (SSSR count). The summed E-state index contributed by atoms with van der Waals surface area (Å²) in [6.45, 7) is 4.70. The second kappa shape index (κ2) is 5.64. The van der Waals surface area contributed by atoms with Crippen LogP contribution in [0.15, 0.2) is 91.0 Å². The average Bonchev–Trinajstić information content (AvgIpc) is 3.56. The van der Waals surface area contributed by atoms with Crippen molar-refractivity contribution in [2.75, 3.05) is 0 Å². The van der Waals surface area contributed by atoms with Crippen LogP contribution >= 0.6 is 0 Å². The first-order valence-corrected chi connectivity index (χ1v) is 12.2. The van der Waals surface area contributed by atoms with Crippen molar-refractivity contribution >= 4 is 54.9 Å². The molecule has 3 aromatic heterocycles. The van der Waals surface area contributed by atoms with Crippen LogP contribution in [0.5, 0.6) is 0 Å². The second-order valence-corrected chi connectivity index (χ2v) is 10.5. The first kappa shape index (κ1) is 18.0. The zero-order valence-corrected chi connectivity index (χ0v) is 19.5. The van der Waals surface area contributed by atoms with E-state index in [1.165, 1.54) is 60.3 Å². The molecule has 0 saturated heterocycles. The van der Waals surface area contributed by atoms with Crippen LogP contribution in [0.1, 0.15) is 25.0 Å². The zero-order chi connectivity index (χ0) is 23.1. The molecule has 5 aromatic carbocycles. The lowest BCUT2D eigenvalue weighted by molar-refractivity contribution is 0.661. The maximum atomic E-state index is 5.20. The van der Waals surface area contributed by atoms with E-state index < -0.39 is 0 Å². The van der Waals surface area contributed by atoms with Gasteiger partial charge in [0.2, 0.25) is 5.78 Å². The number of fused-ring (bicyclic) bond motifs is 12. The van der Waals surface area contributed by atoms with Crippen LogP contribution < -0.4 is 0 Å². The Bertz CT molecular complexity index is 2190. The number of nitrogens with zero attached hydrogens (tertiary/aromatic N) is 3. The summed E-state index contributed by atoms with van der Waals surface area (Å²) in [5.41, 5.74) is 11.4. The summed E-state index contributed by atoms with van der Waals surface area (Å²) in [6.07, 6.45) is 0. The molecule has 3 heterocycles. The summed E-state index contributed by atoms with van der Waals surface area (Å²) < 4.78 is 4.74. The van der Waals surface area contributed by atoms with Crippen LogP contribution in [0.25, 0.3) is 66.0 Å². The molecule has 0 radical (unpaired) electrons. The van der Waals surface area contributed by atoms with Gasteiger partial charge in [0, 0.05) is 16.2 Å². The highest BCUT2D eigenvalue weighted by Gasteiger charge is 2.36. The van der Waals surface area contributed by atoms with Gasteiger partial charge in [-0.1, -0.05) is 74.5 Å². The fourth-order valence-corrected chi connectivity index (χ4v) is 6.77. The Morgan fingerprint density at radius 1 is 0.600 bits per heavy atom. The lowest BCUT2D eigenvalue weighted by atomic mass is 9.82. The van der Waals surface area contributed by atoms with Gasteiger partial charge < -0.3 is 0 Å². The highest BCUT2D eigenvalue weighted by molar-refractivity contribution is 6.17. The van der Waals surface area contributed by atoms with Crippen molar-refractivity contribution in [1.29, 1.82) is 0 Å². The number of hydrogen-bond acceptors (Lipinski definition) is 1. The quantitative estimate of drug-likeness (QED) is 0.231. The summed E-state index contributed by atoms with van der Waals surface area (Å²) in [4.78, 5) is 5.20. The summed E-state index contributed by atoms with van der Waals surface area (Å²) in [6, 6.07) is 33.5. The van der Waals surface area contributed by atoms with Crippen molar-refractivity contribution in [3.63, 3.8) is 0 Å². The minimum atomic E-state index is -0.0316. The normalized spacial score (nSPS) is 14.8. The number of benzene rings is 5. The Morgan fingerprint density at radius 3 is 2.29 bits per heavy atom. The molecule has 0 amide bonds. The summed E-state index contributed by atoms with van der Waals surface area (Å²) in [7, 11) is 0. The molecule has 0 N–H and O–H groups in total. The van der Waals surface area contributed by atoms with E-state index in [1.54, 1.807) is 0 Å². The van der Waals surface area contributed by atoms with Crippen LogP contribution in [0.2, 0.25) is 0 Å². The molecule has 0 atom stereocenters. The highest BCUT2D eigenvalue weighted by atomic mass is 15.2. The summed E-state index contributed by atoms with van der Waals surface area (Å²) >= 11 is 0. The maximum Gasteiger partial charge on any atom is 0.220 e. The van der Waals surface area contributed by atoms with E-state index >= 15 is 0 Å². The van der Waals surface area contributed by atoms with Gasteiger partial charge in [0.25, 0.3) is 0 Å². The Hall–Kier alpha value is -4.37. The highest BCUT2D eigenvalue weighted by Crippen LogP contribution is 2.51. The van der Waals surface area contributed by atoms with Crippen LogP contribution in [-0.2, 0) is 5.41 Å². The second-order valence-electron chi connectivity index (χ2n) is 10.5. The predicted octanol–water partition coefficient (Wildman–Crippen LogP) is 7.94. The average molecular weight is 448 g/mol. The number of rotatable bonds is 0. The third-order valence-electron chi connectivity index (χ3n) is 8.41. The Morgan fingerprint density at radius 2 is 1.40 bits per heavy atom. The van der Waals surface area contributed by atoms with Gasteiger partial charge in [-0.25, -0.2) is 4.98 Å². The molecule has 1 aliphatic rings. The molecule has 35 heavy (non-hydrogen) atoms. The van der Waals surface area contributed by atoms with Crippen molar-refractivity contribution < 1.29 is 0 Å². The molecular formula is C32H21N3. The lowest BCUT2D eigenvalue weighted by Gasteiger charge is -2.21. The first-order valence-electron chi connectivity index (χ1n) is 12.2. The van der Waals surface area contributed by atoms with E-state index in [2.05, 4.69) is 114 Å². The van der Waals surface area contributed by atoms with Crippen molar-refractivity contribution in [1.82, 2.24) is 13.8 Å². The van der Waals surface area contributed by atoms with Crippen molar-refractivity contribution in [3.8, 4) is 11.1 Å². The van der Waals surface area contributed by atoms with Crippen molar-refractivity contribution in [2.45, 2.75) is 19.3 Å². The fourth-order valence-electron chi connectivity index (χ4n) is 6.77. The molecule has 0 saturated carbocycles. The number of hydrogen-bond donors (Lipinski definition) is 0. The zero-order valence-electron chi connectivity index (χ0n) is 19.5. The fraction of sp³-hybridized carbons (Fsp3) is 0.0938. The van der Waals surface area contributed by atoms with E-state index in [1.807, 2.05) is 0 Å². The topological polar surface area (TPSA) is 21.7 Å². The number of aromatic nitrogens is 3. The molecular weight excluding hydrogens is 426 g/mol. The number of imidazole rings is 2. The Balaban J connectivity index is 1.50. The maximum absolute atomic E-state index is 5.20. The van der Waals surface area contributed by atoms with E-state index in [9.17, 15) is 0 Å². The van der Waals surface area contributed by atoms with Crippen LogP contribution in [0, 0.1) is 0 Å². The Labute approximate surface area is 201 Å². The molecule has 1 aliphatic carbocycles. The van der Waals surface area contributed by atoms with Crippen LogP contribution in [0.4, 0.5) is 0 Å². The van der Waals surface area contributed by atoms with E-state index in [4.69, 9.17) is 4.98 Å². The molecule has 0 bridgehead atoms. The Kier molecular flexibility index (Phi) is 2.90. The summed E-state index contributed by atoms with van der Waals surface area (Å²) in [5.74, 6) is 0.991. The summed E-state index contributed by atoms with van der Waals surface area (Å²) in [5, 5.41) is 5.07. The van der Waals surface area contributed by atoms with Gasteiger partial charge in [-0.05, 0) is 63.4 Å². The van der Waals surface area contributed by atoms with Gasteiger partial charge in [0.15, 0.2) is 0 Å². The molecule has 0 fully saturated rings. The molecule has 3 nitrogen and oxygen atoms in total. The molecule has 8 aromatic rings. The van der Waals surface area contributed by atoms with Gasteiger partial charge in [0.05, 0.1) is 27.6 Å². The molecule has 0 unspecified atom stereocenters. The SMILES string of the molecule is CC1(C)c2ccccc2-c2cc3c4cccc5c4n(c3cc21)c1nc2cc3ccccc3cc2n51. The predicted molar refractivity (Wildman–Crippen MR) is 145 cm³/mol. The van der Waals surface area contributed by atoms with E-state index in [0.717, 1.165) is 16.8 Å².